The lowest BCUT2D eigenvalue weighted by molar-refractivity contribution is 0.0697. The summed E-state index contributed by atoms with van der Waals surface area (Å²) in [5.74, 6) is -0.904. The molecule has 0 unspecified atom stereocenters. The standard InChI is InChI=1S/C13H15N3O2/c1-2-16-9-12(8-15-16)14-7-10-3-5-11(6-4-10)13(17)18/h3-6,8-9,14H,2,7H2,1H3,(H,17,18). The molecule has 0 aliphatic heterocycles. The van der Waals surface area contributed by atoms with Crippen LogP contribution in [0.1, 0.15) is 22.8 Å². The molecular weight excluding hydrogens is 230 g/mol. The van der Waals surface area contributed by atoms with Crippen molar-refractivity contribution >= 4 is 11.7 Å². The number of anilines is 1. The highest BCUT2D eigenvalue weighted by Gasteiger charge is 2.02. The summed E-state index contributed by atoms with van der Waals surface area (Å²) in [6, 6.07) is 6.82. The van der Waals surface area contributed by atoms with Gasteiger partial charge in [-0.1, -0.05) is 12.1 Å². The molecule has 5 nitrogen and oxygen atoms in total. The molecular formula is C13H15N3O2. The highest BCUT2D eigenvalue weighted by atomic mass is 16.4. The molecule has 5 heteroatoms. The maximum absolute atomic E-state index is 10.7. The Morgan fingerprint density at radius 3 is 2.67 bits per heavy atom. The van der Waals surface area contributed by atoms with Gasteiger partial charge < -0.3 is 10.4 Å². The second-order valence-corrected chi connectivity index (χ2v) is 3.94. The molecule has 1 heterocycles. The maximum Gasteiger partial charge on any atom is 0.335 e. The number of aromatic nitrogens is 2. The Morgan fingerprint density at radius 1 is 1.39 bits per heavy atom. The van der Waals surface area contributed by atoms with E-state index in [1.165, 1.54) is 0 Å². The van der Waals surface area contributed by atoms with E-state index in [-0.39, 0.29) is 0 Å². The lowest BCUT2D eigenvalue weighted by atomic mass is 10.1. The summed E-state index contributed by atoms with van der Waals surface area (Å²) in [6.45, 7) is 3.52. The van der Waals surface area contributed by atoms with Crippen molar-refractivity contribution in [2.45, 2.75) is 20.0 Å². The lowest BCUT2D eigenvalue weighted by Gasteiger charge is -2.04. The largest absolute Gasteiger partial charge is 0.478 e. The van der Waals surface area contributed by atoms with Gasteiger partial charge in [0.2, 0.25) is 0 Å². The van der Waals surface area contributed by atoms with E-state index in [0.29, 0.717) is 12.1 Å². The average Bonchev–Trinajstić information content (AvgIpc) is 2.85. The van der Waals surface area contributed by atoms with Gasteiger partial charge in [0, 0.05) is 19.3 Å². The molecule has 18 heavy (non-hydrogen) atoms. The molecule has 1 aromatic carbocycles. The minimum Gasteiger partial charge on any atom is -0.478 e. The van der Waals surface area contributed by atoms with Crippen LogP contribution in [0.2, 0.25) is 0 Å². The van der Waals surface area contributed by atoms with E-state index in [4.69, 9.17) is 5.11 Å². The second-order valence-electron chi connectivity index (χ2n) is 3.94. The zero-order valence-electron chi connectivity index (χ0n) is 10.1. The fourth-order valence-corrected chi connectivity index (χ4v) is 1.60. The van der Waals surface area contributed by atoms with Crippen molar-refractivity contribution in [2.24, 2.45) is 0 Å². The monoisotopic (exact) mass is 245 g/mol. The first-order valence-electron chi connectivity index (χ1n) is 5.77. The van der Waals surface area contributed by atoms with Crippen LogP contribution in [-0.2, 0) is 13.1 Å². The minimum absolute atomic E-state index is 0.303. The van der Waals surface area contributed by atoms with Crippen LogP contribution >= 0.6 is 0 Å². The molecule has 0 aliphatic rings. The number of carbonyl (C=O) groups is 1. The molecule has 0 saturated heterocycles. The fraction of sp³-hybridized carbons (Fsp3) is 0.231. The van der Waals surface area contributed by atoms with Gasteiger partial charge in [-0.3, -0.25) is 4.68 Å². The average molecular weight is 245 g/mol. The van der Waals surface area contributed by atoms with Crippen LogP contribution in [-0.4, -0.2) is 20.9 Å². The van der Waals surface area contributed by atoms with Crippen molar-refractivity contribution in [3.8, 4) is 0 Å². The van der Waals surface area contributed by atoms with Gasteiger partial charge in [0.1, 0.15) is 0 Å². The number of hydrogen-bond acceptors (Lipinski definition) is 3. The summed E-state index contributed by atoms with van der Waals surface area (Å²) in [5.41, 5.74) is 2.29. The minimum atomic E-state index is -0.904. The summed E-state index contributed by atoms with van der Waals surface area (Å²) >= 11 is 0. The number of nitrogens with one attached hydrogen (secondary N) is 1. The molecule has 1 aromatic heterocycles. The molecule has 2 rings (SSSR count). The van der Waals surface area contributed by atoms with Crippen LogP contribution in [0, 0.1) is 0 Å². The first kappa shape index (κ1) is 12.2. The normalized spacial score (nSPS) is 10.3. The van der Waals surface area contributed by atoms with Crippen molar-refractivity contribution in [3.05, 3.63) is 47.8 Å². The number of hydrogen-bond donors (Lipinski definition) is 2. The highest BCUT2D eigenvalue weighted by molar-refractivity contribution is 5.87. The van der Waals surface area contributed by atoms with Crippen LogP contribution in [0.3, 0.4) is 0 Å². The van der Waals surface area contributed by atoms with E-state index in [9.17, 15) is 4.79 Å². The Bertz CT molecular complexity index is 531. The van der Waals surface area contributed by atoms with E-state index in [2.05, 4.69) is 10.4 Å². The van der Waals surface area contributed by atoms with E-state index < -0.39 is 5.97 Å². The first-order chi connectivity index (χ1) is 8.69. The number of carboxylic acids is 1. The van der Waals surface area contributed by atoms with Crippen LogP contribution in [0.4, 0.5) is 5.69 Å². The lowest BCUT2D eigenvalue weighted by Crippen LogP contribution is -2.00. The van der Waals surface area contributed by atoms with Gasteiger partial charge in [0.15, 0.2) is 0 Å². The predicted molar refractivity (Wildman–Crippen MR) is 68.6 cm³/mol. The topological polar surface area (TPSA) is 67.2 Å². The molecule has 0 atom stereocenters. The van der Waals surface area contributed by atoms with Crippen LogP contribution in [0.15, 0.2) is 36.7 Å². The van der Waals surface area contributed by atoms with Crippen LogP contribution < -0.4 is 5.32 Å². The fourth-order valence-electron chi connectivity index (χ4n) is 1.60. The van der Waals surface area contributed by atoms with Crippen LogP contribution in [0.25, 0.3) is 0 Å². The number of aryl methyl sites for hydroxylation is 1. The smallest absolute Gasteiger partial charge is 0.335 e. The van der Waals surface area contributed by atoms with Gasteiger partial charge in [0.05, 0.1) is 17.4 Å². The van der Waals surface area contributed by atoms with Gasteiger partial charge in [-0.15, -0.1) is 0 Å². The summed E-state index contributed by atoms with van der Waals surface area (Å²) in [7, 11) is 0. The van der Waals surface area contributed by atoms with Crippen molar-refractivity contribution in [3.63, 3.8) is 0 Å². The zero-order chi connectivity index (χ0) is 13.0. The molecule has 0 aliphatic carbocycles. The third-order valence-electron chi connectivity index (χ3n) is 2.65. The second kappa shape index (κ2) is 5.35. The molecule has 0 radical (unpaired) electrons. The summed E-state index contributed by atoms with van der Waals surface area (Å²) < 4.78 is 1.84. The van der Waals surface area contributed by atoms with Gasteiger partial charge in [-0.2, -0.15) is 5.10 Å². The summed E-state index contributed by atoms with van der Waals surface area (Å²) in [6.07, 6.45) is 3.71. The zero-order valence-corrected chi connectivity index (χ0v) is 10.1. The van der Waals surface area contributed by atoms with Crippen molar-refractivity contribution < 1.29 is 9.90 Å². The Morgan fingerprint density at radius 2 is 2.11 bits per heavy atom. The predicted octanol–water partition coefficient (Wildman–Crippen LogP) is 2.21. The SMILES string of the molecule is CCn1cc(NCc2ccc(C(=O)O)cc2)cn1. The number of carboxylic acid groups (broad SMARTS) is 1. The quantitative estimate of drug-likeness (QED) is 0.847. The van der Waals surface area contributed by atoms with E-state index in [1.807, 2.05) is 17.8 Å². The molecule has 0 spiro atoms. The van der Waals surface area contributed by atoms with Gasteiger partial charge in [-0.05, 0) is 24.6 Å². The summed E-state index contributed by atoms with van der Waals surface area (Å²) in [4.78, 5) is 10.7. The Hall–Kier alpha value is -2.30. The third-order valence-corrected chi connectivity index (χ3v) is 2.65. The van der Waals surface area contributed by atoms with Gasteiger partial charge in [0.25, 0.3) is 0 Å². The molecule has 94 valence electrons. The number of nitrogens with zero attached hydrogens (tertiary/aromatic N) is 2. The molecule has 2 aromatic rings. The molecule has 0 amide bonds. The maximum atomic E-state index is 10.7. The van der Waals surface area contributed by atoms with Crippen molar-refractivity contribution in [1.29, 1.82) is 0 Å². The number of aromatic carboxylic acids is 1. The van der Waals surface area contributed by atoms with E-state index in [1.54, 1.807) is 30.5 Å². The molecule has 2 N–H and O–H groups in total. The Kier molecular flexibility index (Phi) is 3.62. The number of benzene rings is 1. The molecule has 0 fully saturated rings. The molecule has 0 saturated carbocycles. The van der Waals surface area contributed by atoms with Crippen molar-refractivity contribution in [2.75, 3.05) is 5.32 Å². The number of rotatable bonds is 5. The summed E-state index contributed by atoms with van der Waals surface area (Å²) in [5, 5.41) is 16.2. The first-order valence-corrected chi connectivity index (χ1v) is 5.77. The Balaban J connectivity index is 1.95. The Labute approximate surface area is 105 Å². The third kappa shape index (κ3) is 2.88. The van der Waals surface area contributed by atoms with Crippen LogP contribution in [0.5, 0.6) is 0 Å². The van der Waals surface area contributed by atoms with Gasteiger partial charge >= 0.3 is 5.97 Å². The van der Waals surface area contributed by atoms with E-state index in [0.717, 1.165) is 17.8 Å². The van der Waals surface area contributed by atoms with E-state index >= 15 is 0 Å². The molecule has 0 bridgehead atoms. The van der Waals surface area contributed by atoms with Gasteiger partial charge in [-0.25, -0.2) is 4.79 Å². The van der Waals surface area contributed by atoms with Crippen molar-refractivity contribution in [1.82, 2.24) is 9.78 Å². The highest BCUT2D eigenvalue weighted by Crippen LogP contribution is 2.09.